The normalized spacial score (nSPS) is 12.6. The molecule has 0 spiro atoms. The third kappa shape index (κ3) is 6.08. The van der Waals surface area contributed by atoms with E-state index in [4.69, 9.17) is 11.6 Å². The first-order chi connectivity index (χ1) is 11.3. The summed E-state index contributed by atoms with van der Waals surface area (Å²) in [6.07, 6.45) is 3.31. The van der Waals surface area contributed by atoms with Crippen molar-refractivity contribution >= 4 is 33.7 Å². The molecule has 0 bridgehead atoms. The maximum absolute atomic E-state index is 12.9. The second-order valence-corrected chi connectivity index (χ2v) is 20.0. The first-order valence-electron chi connectivity index (χ1n) is 9.04. The van der Waals surface area contributed by atoms with E-state index < -0.39 is 30.1 Å². The molecule has 0 atom stereocenters. The SMILES string of the molecule is CCC[CH2][Sn]([CH2]CCC)([CH2]CCC)[c]1ncc(C(F)(F)F)cc1Cl. The Bertz CT molecular complexity index is 484. The molecule has 1 nitrogen and oxygen atoms in total. The molecule has 0 N–H and O–H groups in total. The molecule has 138 valence electrons. The van der Waals surface area contributed by atoms with Crippen molar-refractivity contribution in [3.05, 3.63) is 22.8 Å². The van der Waals surface area contributed by atoms with Gasteiger partial charge < -0.3 is 0 Å². The van der Waals surface area contributed by atoms with Crippen LogP contribution in [0.25, 0.3) is 0 Å². The summed E-state index contributed by atoms with van der Waals surface area (Å²) < 4.78 is 43.1. The molecule has 0 radical (unpaired) electrons. The summed E-state index contributed by atoms with van der Waals surface area (Å²) in [5.41, 5.74) is -0.738. The van der Waals surface area contributed by atoms with E-state index in [0.29, 0.717) is 0 Å². The van der Waals surface area contributed by atoms with Crippen molar-refractivity contribution < 1.29 is 13.2 Å². The van der Waals surface area contributed by atoms with Gasteiger partial charge in [-0.1, -0.05) is 0 Å². The topological polar surface area (TPSA) is 12.9 Å². The summed E-state index contributed by atoms with van der Waals surface area (Å²) in [5, 5.41) is 0.254. The van der Waals surface area contributed by atoms with E-state index in [9.17, 15) is 13.2 Å². The number of halogens is 4. The molecule has 0 aromatic carbocycles. The van der Waals surface area contributed by atoms with Crippen LogP contribution in [-0.4, -0.2) is 23.4 Å². The number of alkyl halides is 3. The fraction of sp³-hybridized carbons (Fsp3) is 0.722. The number of hydrogen-bond donors (Lipinski definition) is 0. The molecule has 0 aliphatic rings. The Morgan fingerprint density at radius 1 is 0.958 bits per heavy atom. The molecule has 0 amide bonds. The van der Waals surface area contributed by atoms with Crippen molar-refractivity contribution in [2.24, 2.45) is 0 Å². The zero-order chi connectivity index (χ0) is 18.2. The number of nitrogens with zero attached hydrogens (tertiary/aromatic N) is 1. The Morgan fingerprint density at radius 2 is 1.42 bits per heavy atom. The Kier molecular flexibility index (Phi) is 9.42. The molecule has 0 aliphatic heterocycles. The van der Waals surface area contributed by atoms with Crippen molar-refractivity contribution in [3.8, 4) is 0 Å². The standard InChI is InChI=1S/C6H2ClF3N.3C4H9.Sn/c7-5-1-4(2-11-3-5)6(8,9)10;3*1-3-4-2;/h1-2H;3*1,3-4H2,2H3;. The van der Waals surface area contributed by atoms with Crippen LogP contribution in [0.5, 0.6) is 0 Å². The summed E-state index contributed by atoms with van der Waals surface area (Å²) >= 11 is 3.47. The molecule has 1 rings (SSSR count). The first-order valence-corrected chi connectivity index (χ1v) is 16.9. The predicted octanol–water partition coefficient (Wildman–Crippen LogP) is 6.81. The molecular formula is C18H29ClF3NSn. The van der Waals surface area contributed by atoms with E-state index in [1.54, 1.807) is 0 Å². The third-order valence-corrected chi connectivity index (χ3v) is 20.7. The van der Waals surface area contributed by atoms with Gasteiger partial charge >= 0.3 is 153 Å². The van der Waals surface area contributed by atoms with Crippen LogP contribution in [0.3, 0.4) is 0 Å². The zero-order valence-corrected chi connectivity index (χ0v) is 18.6. The van der Waals surface area contributed by atoms with E-state index >= 15 is 0 Å². The van der Waals surface area contributed by atoms with Gasteiger partial charge in [0, 0.05) is 0 Å². The van der Waals surface area contributed by atoms with Crippen LogP contribution < -0.4 is 3.71 Å². The van der Waals surface area contributed by atoms with E-state index in [2.05, 4.69) is 25.8 Å². The molecule has 0 unspecified atom stereocenters. The van der Waals surface area contributed by atoms with Crippen LogP contribution in [0.2, 0.25) is 18.3 Å². The average Bonchev–Trinajstić information content (AvgIpc) is 2.54. The first kappa shape index (κ1) is 22.1. The summed E-state index contributed by atoms with van der Waals surface area (Å²) in [4.78, 5) is 4.32. The third-order valence-electron chi connectivity index (χ3n) is 4.70. The Labute approximate surface area is 153 Å². The predicted molar refractivity (Wildman–Crippen MR) is 98.8 cm³/mol. The van der Waals surface area contributed by atoms with E-state index in [0.717, 1.165) is 67.8 Å². The van der Waals surface area contributed by atoms with Crippen LogP contribution in [0.15, 0.2) is 12.3 Å². The van der Waals surface area contributed by atoms with Crippen molar-refractivity contribution in [2.75, 3.05) is 0 Å². The van der Waals surface area contributed by atoms with Gasteiger partial charge in [-0.05, 0) is 0 Å². The van der Waals surface area contributed by atoms with Crippen LogP contribution in [0.1, 0.15) is 64.9 Å². The zero-order valence-electron chi connectivity index (χ0n) is 15.0. The van der Waals surface area contributed by atoms with Gasteiger partial charge in [0.15, 0.2) is 0 Å². The number of aromatic nitrogens is 1. The molecule has 0 saturated heterocycles. The van der Waals surface area contributed by atoms with Crippen molar-refractivity contribution in [2.45, 2.75) is 78.8 Å². The summed E-state index contributed by atoms with van der Waals surface area (Å²) in [7, 11) is 0. The molecule has 1 heterocycles. The fourth-order valence-electron chi connectivity index (χ4n) is 3.26. The van der Waals surface area contributed by atoms with E-state index in [-0.39, 0.29) is 5.02 Å². The van der Waals surface area contributed by atoms with Crippen molar-refractivity contribution in [1.29, 1.82) is 0 Å². The van der Waals surface area contributed by atoms with Crippen LogP contribution in [-0.2, 0) is 6.18 Å². The van der Waals surface area contributed by atoms with Gasteiger partial charge in [0.25, 0.3) is 0 Å². The van der Waals surface area contributed by atoms with E-state index in [1.165, 1.54) is 0 Å². The number of rotatable bonds is 10. The summed E-state index contributed by atoms with van der Waals surface area (Å²) in [5.74, 6) is 0. The van der Waals surface area contributed by atoms with Crippen LogP contribution in [0.4, 0.5) is 13.2 Å². The number of pyridine rings is 1. The minimum atomic E-state index is -4.39. The number of hydrogen-bond acceptors (Lipinski definition) is 1. The van der Waals surface area contributed by atoms with Crippen molar-refractivity contribution in [1.82, 2.24) is 4.98 Å². The maximum atomic E-state index is 12.9. The second kappa shape index (κ2) is 10.2. The average molecular weight is 471 g/mol. The van der Waals surface area contributed by atoms with Gasteiger partial charge in [-0.15, -0.1) is 0 Å². The molecule has 0 fully saturated rings. The summed E-state index contributed by atoms with van der Waals surface area (Å²) in [6, 6.07) is 1.10. The monoisotopic (exact) mass is 471 g/mol. The van der Waals surface area contributed by atoms with Gasteiger partial charge in [-0.2, -0.15) is 0 Å². The Balaban J connectivity index is 3.28. The quantitative estimate of drug-likeness (QED) is 0.342. The molecule has 0 saturated carbocycles. The second-order valence-electron chi connectivity index (χ2n) is 6.64. The van der Waals surface area contributed by atoms with Crippen LogP contribution >= 0.6 is 11.6 Å². The Morgan fingerprint density at radius 3 is 1.75 bits per heavy atom. The minimum absolute atomic E-state index is 0.254. The molecule has 1 aromatic rings. The van der Waals surface area contributed by atoms with Gasteiger partial charge in [0.1, 0.15) is 0 Å². The Hall–Kier alpha value is 0.0287. The van der Waals surface area contributed by atoms with Gasteiger partial charge in [-0.25, -0.2) is 0 Å². The molecule has 6 heteroatoms. The molecule has 0 aliphatic carbocycles. The number of unbranched alkanes of at least 4 members (excludes halogenated alkanes) is 3. The van der Waals surface area contributed by atoms with Gasteiger partial charge in [0.2, 0.25) is 0 Å². The van der Waals surface area contributed by atoms with Crippen molar-refractivity contribution in [3.63, 3.8) is 0 Å². The molecular weight excluding hydrogens is 441 g/mol. The molecule has 1 aromatic heterocycles. The van der Waals surface area contributed by atoms with Gasteiger partial charge in [-0.3, -0.25) is 0 Å². The molecule has 24 heavy (non-hydrogen) atoms. The van der Waals surface area contributed by atoms with Gasteiger partial charge in [0.05, 0.1) is 0 Å². The van der Waals surface area contributed by atoms with E-state index in [1.807, 2.05) is 0 Å². The van der Waals surface area contributed by atoms with Crippen LogP contribution in [0, 0.1) is 0 Å². The summed E-state index contributed by atoms with van der Waals surface area (Å²) in [6.45, 7) is 6.49. The fourth-order valence-corrected chi connectivity index (χ4v) is 20.4.